The normalized spacial score (nSPS) is 13.0. The Balaban J connectivity index is 3.17. The first-order valence-electron chi connectivity index (χ1n) is 5.89. The first kappa shape index (κ1) is 16.5. The van der Waals surface area contributed by atoms with E-state index in [9.17, 15) is 8.78 Å². The molecule has 0 spiro atoms. The molecule has 1 unspecified atom stereocenters. The van der Waals surface area contributed by atoms with Gasteiger partial charge in [-0.15, -0.1) is 0 Å². The minimum absolute atomic E-state index is 0.149. The second kappa shape index (κ2) is 7.86. The van der Waals surface area contributed by atoms with Gasteiger partial charge in [-0.3, -0.25) is 5.84 Å². The number of rotatable bonds is 7. The fourth-order valence-corrected chi connectivity index (χ4v) is 2.04. The Morgan fingerprint density at radius 3 is 2.32 bits per heavy atom. The van der Waals surface area contributed by atoms with Gasteiger partial charge in [0.15, 0.2) is 6.29 Å². The summed E-state index contributed by atoms with van der Waals surface area (Å²) in [4.78, 5) is 0. The van der Waals surface area contributed by atoms with Crippen molar-refractivity contribution < 1.29 is 18.3 Å². The lowest BCUT2D eigenvalue weighted by Gasteiger charge is -2.27. The number of benzene rings is 1. The fraction of sp³-hybridized carbons (Fsp3) is 0.500. The Kier molecular flexibility index (Phi) is 6.81. The molecule has 19 heavy (non-hydrogen) atoms. The van der Waals surface area contributed by atoms with Crippen LogP contribution in [0.5, 0.6) is 0 Å². The minimum Gasteiger partial charge on any atom is -0.351 e. The molecule has 0 heterocycles. The molecule has 0 saturated carbocycles. The second-order valence-electron chi connectivity index (χ2n) is 3.68. The van der Waals surface area contributed by atoms with Crippen LogP contribution >= 0.6 is 15.9 Å². The van der Waals surface area contributed by atoms with Gasteiger partial charge in [-0.25, -0.2) is 14.2 Å². The molecule has 0 aromatic heterocycles. The molecule has 0 fully saturated rings. The van der Waals surface area contributed by atoms with E-state index in [2.05, 4.69) is 21.4 Å². The lowest BCUT2D eigenvalue weighted by Crippen LogP contribution is -2.40. The summed E-state index contributed by atoms with van der Waals surface area (Å²) < 4.78 is 38.7. The van der Waals surface area contributed by atoms with Crippen LogP contribution in [0.2, 0.25) is 0 Å². The maximum Gasteiger partial charge on any atom is 0.178 e. The fourth-order valence-electron chi connectivity index (χ4n) is 1.69. The topological polar surface area (TPSA) is 56.5 Å². The van der Waals surface area contributed by atoms with Crippen LogP contribution in [0.4, 0.5) is 8.78 Å². The van der Waals surface area contributed by atoms with Crippen molar-refractivity contribution in [3.05, 3.63) is 33.8 Å². The molecule has 0 radical (unpaired) electrons. The van der Waals surface area contributed by atoms with E-state index in [4.69, 9.17) is 15.3 Å². The molecular weight excluding hydrogens is 322 g/mol. The first-order chi connectivity index (χ1) is 9.06. The third kappa shape index (κ3) is 3.93. The van der Waals surface area contributed by atoms with Crippen molar-refractivity contribution in [2.24, 2.45) is 5.84 Å². The third-order valence-corrected chi connectivity index (χ3v) is 3.12. The molecule has 0 saturated heterocycles. The van der Waals surface area contributed by atoms with E-state index in [1.807, 2.05) is 0 Å². The van der Waals surface area contributed by atoms with E-state index in [1.165, 1.54) is 6.07 Å². The van der Waals surface area contributed by atoms with E-state index < -0.39 is 24.0 Å². The average molecular weight is 339 g/mol. The van der Waals surface area contributed by atoms with E-state index >= 15 is 0 Å². The van der Waals surface area contributed by atoms with Crippen molar-refractivity contribution in [3.8, 4) is 0 Å². The van der Waals surface area contributed by atoms with Gasteiger partial charge in [0, 0.05) is 18.8 Å². The molecular formula is C12H17BrF2N2O2. The SMILES string of the molecule is CCOC(OCC)C(NN)c1c(F)ccc(Br)c1F. The number of nitrogens with two attached hydrogens (primary N) is 1. The van der Waals surface area contributed by atoms with Crippen LogP contribution in [0.3, 0.4) is 0 Å². The van der Waals surface area contributed by atoms with Crippen LogP contribution in [-0.4, -0.2) is 19.5 Å². The highest BCUT2D eigenvalue weighted by atomic mass is 79.9. The van der Waals surface area contributed by atoms with Gasteiger partial charge < -0.3 is 9.47 Å². The standard InChI is InChI=1S/C12H17BrF2N2O2/c1-3-18-12(19-4-2)11(17-16)9-8(14)6-5-7(13)10(9)15/h5-6,11-12,17H,3-4,16H2,1-2H3. The van der Waals surface area contributed by atoms with Gasteiger partial charge in [0.2, 0.25) is 0 Å². The first-order valence-corrected chi connectivity index (χ1v) is 6.68. The summed E-state index contributed by atoms with van der Waals surface area (Å²) in [6.45, 7) is 4.18. The maximum atomic E-state index is 14.0. The van der Waals surface area contributed by atoms with Crippen molar-refractivity contribution in [2.45, 2.75) is 26.2 Å². The van der Waals surface area contributed by atoms with Crippen LogP contribution in [0.25, 0.3) is 0 Å². The van der Waals surface area contributed by atoms with Gasteiger partial charge in [-0.2, -0.15) is 0 Å². The largest absolute Gasteiger partial charge is 0.351 e. The molecule has 1 aromatic carbocycles. The summed E-state index contributed by atoms with van der Waals surface area (Å²) in [5.41, 5.74) is 2.13. The molecule has 4 nitrogen and oxygen atoms in total. The molecule has 0 aliphatic rings. The van der Waals surface area contributed by atoms with Gasteiger partial charge in [-0.1, -0.05) is 0 Å². The van der Waals surface area contributed by atoms with E-state index in [0.717, 1.165) is 6.07 Å². The maximum absolute atomic E-state index is 14.0. The molecule has 0 aliphatic carbocycles. The lowest BCUT2D eigenvalue weighted by atomic mass is 10.1. The Morgan fingerprint density at radius 1 is 1.26 bits per heavy atom. The molecule has 1 rings (SSSR count). The number of hydrazine groups is 1. The summed E-state index contributed by atoms with van der Waals surface area (Å²) in [7, 11) is 0. The molecule has 3 N–H and O–H groups in total. The Hall–Kier alpha value is -0.600. The van der Waals surface area contributed by atoms with Crippen molar-refractivity contribution in [2.75, 3.05) is 13.2 Å². The Labute approximate surface area is 119 Å². The van der Waals surface area contributed by atoms with Gasteiger partial charge in [-0.05, 0) is 41.9 Å². The third-order valence-electron chi connectivity index (χ3n) is 2.50. The van der Waals surface area contributed by atoms with E-state index in [-0.39, 0.29) is 10.0 Å². The summed E-state index contributed by atoms with van der Waals surface area (Å²) in [6, 6.07) is 1.50. The average Bonchev–Trinajstić information content (AvgIpc) is 2.39. The Bertz CT molecular complexity index is 415. The molecule has 0 bridgehead atoms. The highest BCUT2D eigenvalue weighted by molar-refractivity contribution is 9.10. The molecule has 0 aliphatic heterocycles. The number of hydrogen-bond acceptors (Lipinski definition) is 4. The van der Waals surface area contributed by atoms with Gasteiger partial charge in [0.05, 0.1) is 4.47 Å². The van der Waals surface area contributed by atoms with Crippen molar-refractivity contribution in [1.29, 1.82) is 0 Å². The van der Waals surface area contributed by atoms with E-state index in [1.54, 1.807) is 13.8 Å². The lowest BCUT2D eigenvalue weighted by molar-refractivity contribution is -0.156. The van der Waals surface area contributed by atoms with Crippen LogP contribution in [0.15, 0.2) is 16.6 Å². The Morgan fingerprint density at radius 2 is 1.84 bits per heavy atom. The smallest absolute Gasteiger partial charge is 0.178 e. The molecule has 7 heteroatoms. The quantitative estimate of drug-likeness (QED) is 0.347. The predicted molar refractivity (Wildman–Crippen MR) is 71.2 cm³/mol. The summed E-state index contributed by atoms with van der Waals surface area (Å²) in [6.07, 6.45) is -0.877. The zero-order valence-electron chi connectivity index (χ0n) is 10.8. The molecule has 0 amide bonds. The predicted octanol–water partition coefficient (Wildman–Crippen LogP) is 2.63. The molecule has 1 aromatic rings. The summed E-state index contributed by atoms with van der Waals surface area (Å²) in [5.74, 6) is 3.95. The van der Waals surface area contributed by atoms with Crippen LogP contribution in [0.1, 0.15) is 25.5 Å². The van der Waals surface area contributed by atoms with Crippen LogP contribution in [0, 0.1) is 11.6 Å². The zero-order chi connectivity index (χ0) is 14.4. The van der Waals surface area contributed by atoms with Crippen molar-refractivity contribution >= 4 is 15.9 Å². The highest BCUT2D eigenvalue weighted by Crippen LogP contribution is 2.29. The van der Waals surface area contributed by atoms with Gasteiger partial charge in [0.25, 0.3) is 0 Å². The van der Waals surface area contributed by atoms with Crippen LogP contribution < -0.4 is 11.3 Å². The number of halogens is 3. The van der Waals surface area contributed by atoms with Gasteiger partial charge >= 0.3 is 0 Å². The van der Waals surface area contributed by atoms with Crippen molar-refractivity contribution in [3.63, 3.8) is 0 Å². The molecule has 1 atom stereocenters. The second-order valence-corrected chi connectivity index (χ2v) is 4.53. The van der Waals surface area contributed by atoms with Gasteiger partial charge in [0.1, 0.15) is 17.7 Å². The summed E-state index contributed by atoms with van der Waals surface area (Å²) in [5, 5.41) is 0. The minimum atomic E-state index is -0.947. The van der Waals surface area contributed by atoms with E-state index in [0.29, 0.717) is 13.2 Å². The monoisotopic (exact) mass is 338 g/mol. The zero-order valence-corrected chi connectivity index (χ0v) is 12.3. The highest BCUT2D eigenvalue weighted by Gasteiger charge is 2.29. The molecule has 108 valence electrons. The van der Waals surface area contributed by atoms with Crippen molar-refractivity contribution in [1.82, 2.24) is 5.43 Å². The number of ether oxygens (including phenoxy) is 2. The van der Waals surface area contributed by atoms with Crippen LogP contribution in [-0.2, 0) is 9.47 Å². The number of nitrogens with one attached hydrogen (secondary N) is 1. The number of hydrogen-bond donors (Lipinski definition) is 2. The summed E-state index contributed by atoms with van der Waals surface area (Å²) >= 11 is 3.01.